The Hall–Kier alpha value is -1.88. The summed E-state index contributed by atoms with van der Waals surface area (Å²) >= 11 is 1.38. The number of nitrogens with one attached hydrogen (secondary N) is 1. The lowest BCUT2D eigenvalue weighted by Gasteiger charge is -2.13. The van der Waals surface area contributed by atoms with Crippen molar-refractivity contribution < 1.29 is 9.53 Å². The second-order valence-electron chi connectivity index (χ2n) is 4.08. The minimum atomic E-state index is -0.559. The summed E-state index contributed by atoms with van der Waals surface area (Å²) in [4.78, 5) is 15.9. The molecule has 1 atom stereocenters. The molecule has 100 valence electrons. The van der Waals surface area contributed by atoms with Gasteiger partial charge in [0.1, 0.15) is 5.75 Å². The van der Waals surface area contributed by atoms with Crippen LogP contribution in [-0.4, -0.2) is 17.0 Å². The Kier molecular flexibility index (Phi) is 4.52. The van der Waals surface area contributed by atoms with Gasteiger partial charge in [-0.05, 0) is 31.0 Å². The van der Waals surface area contributed by atoms with Gasteiger partial charge in [-0.15, -0.1) is 11.3 Å². The molecule has 0 radical (unpaired) electrons. The van der Waals surface area contributed by atoms with Gasteiger partial charge in [0, 0.05) is 11.6 Å². The Balaban J connectivity index is 1.92. The Morgan fingerprint density at radius 3 is 2.74 bits per heavy atom. The fraction of sp³-hybridized carbons (Fsp3) is 0.286. The molecular weight excluding hydrogens is 260 g/mol. The Labute approximate surface area is 116 Å². The zero-order valence-corrected chi connectivity index (χ0v) is 11.7. The minimum Gasteiger partial charge on any atom is -0.481 e. The van der Waals surface area contributed by atoms with Crippen molar-refractivity contribution in [1.82, 2.24) is 4.98 Å². The van der Waals surface area contributed by atoms with Crippen molar-refractivity contribution in [2.24, 2.45) is 0 Å². The third-order valence-electron chi connectivity index (χ3n) is 2.68. The largest absolute Gasteiger partial charge is 0.481 e. The maximum Gasteiger partial charge on any atom is 0.266 e. The highest BCUT2D eigenvalue weighted by Crippen LogP contribution is 2.16. The summed E-state index contributed by atoms with van der Waals surface area (Å²) < 4.78 is 5.59. The van der Waals surface area contributed by atoms with Crippen LogP contribution in [0.5, 0.6) is 5.75 Å². The zero-order valence-electron chi connectivity index (χ0n) is 10.9. The number of aryl methyl sites for hydroxylation is 1. The summed E-state index contributed by atoms with van der Waals surface area (Å²) in [6, 6.07) is 7.76. The van der Waals surface area contributed by atoms with E-state index >= 15 is 0 Å². The number of carbonyl (C=O) groups is 1. The number of rotatable bonds is 5. The number of carbonyl (C=O) groups excluding carboxylic acids is 1. The number of benzene rings is 1. The molecule has 5 heteroatoms. The molecule has 0 aliphatic rings. The highest BCUT2D eigenvalue weighted by Gasteiger charge is 2.15. The van der Waals surface area contributed by atoms with Gasteiger partial charge in [0.05, 0.1) is 0 Å². The second-order valence-corrected chi connectivity index (χ2v) is 4.98. The summed E-state index contributed by atoms with van der Waals surface area (Å²) in [6.45, 7) is 3.82. The topological polar surface area (TPSA) is 51.2 Å². The van der Waals surface area contributed by atoms with Gasteiger partial charge < -0.3 is 4.74 Å². The van der Waals surface area contributed by atoms with Gasteiger partial charge in [0.2, 0.25) is 0 Å². The van der Waals surface area contributed by atoms with E-state index in [0.717, 1.165) is 6.42 Å². The molecule has 1 aromatic carbocycles. The average Bonchev–Trinajstić information content (AvgIpc) is 2.92. The summed E-state index contributed by atoms with van der Waals surface area (Å²) in [5.41, 5.74) is 1.24. The molecule has 0 spiro atoms. The van der Waals surface area contributed by atoms with Gasteiger partial charge in [0.15, 0.2) is 11.2 Å². The number of thiazole rings is 1. The van der Waals surface area contributed by atoms with E-state index in [1.807, 2.05) is 29.6 Å². The van der Waals surface area contributed by atoms with Crippen LogP contribution in [0.2, 0.25) is 0 Å². The van der Waals surface area contributed by atoms with Crippen LogP contribution in [0.3, 0.4) is 0 Å². The van der Waals surface area contributed by atoms with Crippen LogP contribution in [0, 0.1) is 0 Å². The lowest BCUT2D eigenvalue weighted by atomic mass is 10.2. The quantitative estimate of drug-likeness (QED) is 0.913. The summed E-state index contributed by atoms with van der Waals surface area (Å²) in [6.07, 6.45) is 2.08. The molecule has 4 nitrogen and oxygen atoms in total. The van der Waals surface area contributed by atoms with Gasteiger partial charge >= 0.3 is 0 Å². The first-order valence-corrected chi connectivity index (χ1v) is 7.03. The maximum atomic E-state index is 11.9. The minimum absolute atomic E-state index is 0.200. The van der Waals surface area contributed by atoms with E-state index in [9.17, 15) is 4.79 Å². The zero-order chi connectivity index (χ0) is 13.7. The highest BCUT2D eigenvalue weighted by atomic mass is 32.1. The predicted molar refractivity (Wildman–Crippen MR) is 76.7 cm³/mol. The fourth-order valence-corrected chi connectivity index (χ4v) is 2.09. The predicted octanol–water partition coefficient (Wildman–Crippen LogP) is 3.11. The van der Waals surface area contributed by atoms with Crippen molar-refractivity contribution in [3.8, 4) is 5.75 Å². The van der Waals surface area contributed by atoms with Crippen LogP contribution in [0.25, 0.3) is 0 Å². The van der Waals surface area contributed by atoms with E-state index < -0.39 is 6.10 Å². The third kappa shape index (κ3) is 3.79. The highest BCUT2D eigenvalue weighted by molar-refractivity contribution is 7.13. The van der Waals surface area contributed by atoms with Crippen molar-refractivity contribution >= 4 is 22.4 Å². The van der Waals surface area contributed by atoms with Crippen molar-refractivity contribution in [3.05, 3.63) is 41.4 Å². The molecule has 1 heterocycles. The van der Waals surface area contributed by atoms with Gasteiger partial charge in [-0.3, -0.25) is 10.1 Å². The van der Waals surface area contributed by atoms with Crippen LogP contribution < -0.4 is 10.1 Å². The SMILES string of the molecule is CCc1ccc(O[C@@H](C)C(=O)Nc2nccs2)cc1. The molecule has 1 aromatic heterocycles. The fourth-order valence-electron chi connectivity index (χ4n) is 1.55. The number of hydrogen-bond acceptors (Lipinski definition) is 4. The number of ether oxygens (including phenoxy) is 1. The first kappa shape index (κ1) is 13.5. The van der Waals surface area contributed by atoms with Gasteiger partial charge in [0.25, 0.3) is 5.91 Å². The number of anilines is 1. The summed E-state index contributed by atoms with van der Waals surface area (Å²) in [5.74, 6) is 0.494. The van der Waals surface area contributed by atoms with Crippen LogP contribution in [0.4, 0.5) is 5.13 Å². The molecule has 0 saturated heterocycles. The van der Waals surface area contributed by atoms with Crippen molar-refractivity contribution in [2.45, 2.75) is 26.4 Å². The Morgan fingerprint density at radius 1 is 1.42 bits per heavy atom. The average molecular weight is 276 g/mol. The molecule has 2 rings (SSSR count). The van der Waals surface area contributed by atoms with Gasteiger partial charge in [-0.2, -0.15) is 0 Å². The molecule has 2 aromatic rings. The van der Waals surface area contributed by atoms with E-state index in [2.05, 4.69) is 17.2 Å². The molecule has 0 unspecified atom stereocenters. The van der Waals surface area contributed by atoms with E-state index in [0.29, 0.717) is 10.9 Å². The van der Waals surface area contributed by atoms with E-state index in [-0.39, 0.29) is 5.91 Å². The normalized spacial score (nSPS) is 11.9. The first-order valence-electron chi connectivity index (χ1n) is 6.15. The molecule has 0 aliphatic heterocycles. The van der Waals surface area contributed by atoms with Crippen LogP contribution >= 0.6 is 11.3 Å². The molecule has 1 amide bonds. The lowest BCUT2D eigenvalue weighted by molar-refractivity contribution is -0.122. The van der Waals surface area contributed by atoms with Gasteiger partial charge in [-0.1, -0.05) is 19.1 Å². The van der Waals surface area contributed by atoms with Crippen molar-refractivity contribution in [1.29, 1.82) is 0 Å². The van der Waals surface area contributed by atoms with Gasteiger partial charge in [-0.25, -0.2) is 4.98 Å². The first-order chi connectivity index (χ1) is 9.19. The van der Waals surface area contributed by atoms with Crippen LogP contribution in [0.1, 0.15) is 19.4 Å². The van der Waals surface area contributed by atoms with Crippen molar-refractivity contribution in [3.63, 3.8) is 0 Å². The lowest BCUT2D eigenvalue weighted by Crippen LogP contribution is -2.30. The number of nitrogens with zero attached hydrogens (tertiary/aromatic N) is 1. The number of amides is 1. The Morgan fingerprint density at radius 2 is 2.16 bits per heavy atom. The molecular formula is C14H16N2O2S. The third-order valence-corrected chi connectivity index (χ3v) is 3.36. The number of hydrogen-bond donors (Lipinski definition) is 1. The smallest absolute Gasteiger partial charge is 0.266 e. The van der Waals surface area contributed by atoms with Crippen molar-refractivity contribution in [2.75, 3.05) is 5.32 Å². The summed E-state index contributed by atoms with van der Waals surface area (Å²) in [7, 11) is 0. The summed E-state index contributed by atoms with van der Waals surface area (Å²) in [5, 5.41) is 5.10. The monoisotopic (exact) mass is 276 g/mol. The molecule has 0 aliphatic carbocycles. The Bertz CT molecular complexity index is 523. The molecule has 0 fully saturated rings. The molecule has 0 bridgehead atoms. The van der Waals surface area contributed by atoms with Crippen LogP contribution in [-0.2, 0) is 11.2 Å². The number of aromatic nitrogens is 1. The molecule has 0 saturated carbocycles. The van der Waals surface area contributed by atoms with E-state index in [1.165, 1.54) is 16.9 Å². The van der Waals surface area contributed by atoms with E-state index in [4.69, 9.17) is 4.74 Å². The van der Waals surface area contributed by atoms with Crippen LogP contribution in [0.15, 0.2) is 35.8 Å². The second kappa shape index (κ2) is 6.33. The molecule has 1 N–H and O–H groups in total. The molecule has 19 heavy (non-hydrogen) atoms. The standard InChI is InChI=1S/C14H16N2O2S/c1-3-11-4-6-12(7-5-11)18-10(2)13(17)16-14-15-8-9-19-14/h4-10H,3H2,1-2H3,(H,15,16,17)/t10-/m0/s1. The van der Waals surface area contributed by atoms with E-state index in [1.54, 1.807) is 13.1 Å². The maximum absolute atomic E-state index is 11.9.